The predicted octanol–water partition coefficient (Wildman–Crippen LogP) is 3.74. The number of anilines is 1. The second kappa shape index (κ2) is 7.21. The molecule has 26 heavy (non-hydrogen) atoms. The predicted molar refractivity (Wildman–Crippen MR) is 103 cm³/mol. The van der Waals surface area contributed by atoms with Crippen molar-refractivity contribution in [2.75, 3.05) is 11.9 Å². The maximum absolute atomic E-state index is 12.5. The first-order valence-electron chi connectivity index (χ1n) is 8.61. The normalized spacial score (nSPS) is 16.6. The lowest BCUT2D eigenvalue weighted by atomic mass is 10.1. The van der Waals surface area contributed by atoms with E-state index in [2.05, 4.69) is 10.3 Å². The number of nitrogens with zero attached hydrogens (tertiary/aromatic N) is 2. The summed E-state index contributed by atoms with van der Waals surface area (Å²) in [6.45, 7) is 1.15. The number of carbonyl (C=O) groups is 2. The Hall–Kier alpha value is -2.18. The molecule has 1 fully saturated rings. The van der Waals surface area contributed by atoms with Crippen LogP contribution in [-0.2, 0) is 22.6 Å². The molecule has 0 atom stereocenters. The minimum absolute atomic E-state index is 0.0486. The zero-order valence-corrected chi connectivity index (χ0v) is 15.6. The van der Waals surface area contributed by atoms with Crippen molar-refractivity contribution in [3.63, 3.8) is 0 Å². The summed E-state index contributed by atoms with van der Waals surface area (Å²) in [5.74, 6) is 0.170. The molecule has 1 aliphatic heterocycles. The summed E-state index contributed by atoms with van der Waals surface area (Å²) in [5.41, 5.74) is 1.81. The van der Waals surface area contributed by atoms with E-state index >= 15 is 0 Å². The lowest BCUT2D eigenvalue weighted by molar-refractivity contribution is -0.126. The minimum Gasteiger partial charge on any atom is -0.334 e. The minimum atomic E-state index is -0.0486. The van der Waals surface area contributed by atoms with Gasteiger partial charge >= 0.3 is 0 Å². The maximum Gasteiger partial charge on any atom is 0.246 e. The average Bonchev–Trinajstić information content (AvgIpc) is 3.41. The molecule has 0 unspecified atom stereocenters. The molecule has 2 heterocycles. The van der Waals surface area contributed by atoms with Crippen LogP contribution in [0.2, 0.25) is 5.02 Å². The molecular formula is C19H18ClN3O2S. The average molecular weight is 388 g/mol. The summed E-state index contributed by atoms with van der Waals surface area (Å²) >= 11 is 7.58. The molecule has 0 spiro atoms. The smallest absolute Gasteiger partial charge is 0.246 e. The van der Waals surface area contributed by atoms with Crippen molar-refractivity contribution in [2.24, 2.45) is 5.92 Å². The highest BCUT2D eigenvalue weighted by atomic mass is 35.5. The highest BCUT2D eigenvalue weighted by Gasteiger charge is 2.31. The Morgan fingerprint density at radius 1 is 1.31 bits per heavy atom. The van der Waals surface area contributed by atoms with Crippen LogP contribution in [-0.4, -0.2) is 28.2 Å². The van der Waals surface area contributed by atoms with Crippen LogP contribution in [0.1, 0.15) is 29.0 Å². The van der Waals surface area contributed by atoms with E-state index in [1.807, 2.05) is 18.2 Å². The molecule has 2 amide bonds. The lowest BCUT2D eigenvalue weighted by Gasteiger charge is -2.24. The second-order valence-corrected chi connectivity index (χ2v) is 8.01. The molecule has 1 aliphatic carbocycles. The van der Waals surface area contributed by atoms with E-state index < -0.39 is 0 Å². The number of benzene rings is 1. The van der Waals surface area contributed by atoms with Crippen LogP contribution >= 0.6 is 22.9 Å². The Morgan fingerprint density at radius 3 is 2.88 bits per heavy atom. The van der Waals surface area contributed by atoms with Gasteiger partial charge in [-0.1, -0.05) is 41.1 Å². The van der Waals surface area contributed by atoms with Gasteiger partial charge in [0.1, 0.15) is 0 Å². The van der Waals surface area contributed by atoms with Crippen LogP contribution < -0.4 is 5.32 Å². The summed E-state index contributed by atoms with van der Waals surface area (Å²) < 4.78 is 0. The van der Waals surface area contributed by atoms with Crippen LogP contribution in [0.4, 0.5) is 5.13 Å². The largest absolute Gasteiger partial charge is 0.334 e. The van der Waals surface area contributed by atoms with Gasteiger partial charge in [-0.3, -0.25) is 9.59 Å². The third-order valence-electron chi connectivity index (χ3n) is 4.53. The molecule has 2 aliphatic rings. The second-order valence-electron chi connectivity index (χ2n) is 6.52. The van der Waals surface area contributed by atoms with Gasteiger partial charge in [0.05, 0.1) is 12.2 Å². The molecule has 4 rings (SSSR count). The van der Waals surface area contributed by atoms with Crippen LogP contribution in [0, 0.1) is 5.92 Å². The molecule has 0 bridgehead atoms. The van der Waals surface area contributed by atoms with Gasteiger partial charge in [0, 0.05) is 34.9 Å². The lowest BCUT2D eigenvalue weighted by Crippen LogP contribution is -2.34. The number of amides is 2. The van der Waals surface area contributed by atoms with Gasteiger partial charge in [0.25, 0.3) is 0 Å². The van der Waals surface area contributed by atoms with E-state index in [1.165, 1.54) is 11.3 Å². The first-order valence-corrected chi connectivity index (χ1v) is 9.80. The highest BCUT2D eigenvalue weighted by molar-refractivity contribution is 7.15. The Labute approximate surface area is 160 Å². The van der Waals surface area contributed by atoms with Crippen molar-refractivity contribution in [1.29, 1.82) is 0 Å². The summed E-state index contributed by atoms with van der Waals surface area (Å²) in [5, 5.41) is 4.16. The van der Waals surface area contributed by atoms with Crippen molar-refractivity contribution in [3.05, 3.63) is 51.5 Å². The van der Waals surface area contributed by atoms with Gasteiger partial charge in [-0.15, -0.1) is 0 Å². The fourth-order valence-electron chi connectivity index (χ4n) is 2.87. The van der Waals surface area contributed by atoms with Crippen molar-refractivity contribution in [2.45, 2.75) is 25.8 Å². The number of thiazole rings is 1. The first-order chi connectivity index (χ1) is 12.6. The molecule has 1 N–H and O–H groups in total. The summed E-state index contributed by atoms with van der Waals surface area (Å²) in [7, 11) is 0. The monoisotopic (exact) mass is 387 g/mol. The van der Waals surface area contributed by atoms with E-state index in [9.17, 15) is 9.59 Å². The number of aromatic nitrogens is 1. The fraction of sp³-hybridized carbons (Fsp3) is 0.316. The number of carbonyl (C=O) groups excluding carboxylic acids is 2. The van der Waals surface area contributed by atoms with Gasteiger partial charge in [-0.2, -0.15) is 0 Å². The highest BCUT2D eigenvalue weighted by Crippen LogP contribution is 2.33. The molecule has 1 aromatic carbocycles. The Morgan fingerprint density at radius 2 is 2.12 bits per heavy atom. The van der Waals surface area contributed by atoms with Crippen molar-refractivity contribution in [3.8, 4) is 0 Å². The molecular weight excluding hydrogens is 370 g/mol. The molecule has 7 heteroatoms. The third-order valence-corrected chi connectivity index (χ3v) is 5.87. The van der Waals surface area contributed by atoms with E-state index in [4.69, 9.17) is 11.6 Å². The number of fused-ring (bicyclic) bond motifs is 1. The topological polar surface area (TPSA) is 62.3 Å². The quantitative estimate of drug-likeness (QED) is 0.813. The van der Waals surface area contributed by atoms with E-state index in [1.54, 1.807) is 23.1 Å². The molecule has 0 saturated heterocycles. The van der Waals surface area contributed by atoms with Crippen LogP contribution in [0.3, 0.4) is 0 Å². The number of hydrogen-bond acceptors (Lipinski definition) is 4. The van der Waals surface area contributed by atoms with Gasteiger partial charge in [0.15, 0.2) is 5.13 Å². The molecule has 5 nitrogen and oxygen atoms in total. The number of hydrogen-bond donors (Lipinski definition) is 1. The Balaban J connectivity index is 1.41. The standard InChI is InChI=1S/C19H18ClN3O2S/c20-14-4-2-1-3-12(14)7-8-17(24)23-10-9-15-16(11-23)26-19(21-15)22-18(25)13-5-6-13/h1-4,7-8,13H,5-6,9-11H2,(H,21,22,25)/b8-7+. The number of nitrogens with one attached hydrogen (secondary N) is 1. The molecule has 134 valence electrons. The van der Waals surface area contributed by atoms with Crippen LogP contribution in [0.25, 0.3) is 6.08 Å². The SMILES string of the molecule is O=C(Nc1nc2c(s1)CN(C(=O)/C=C/c1ccccc1Cl)CC2)C1CC1. The Bertz CT molecular complexity index is 889. The van der Waals surface area contributed by atoms with Crippen molar-refractivity contribution >= 4 is 46.0 Å². The van der Waals surface area contributed by atoms with E-state index in [-0.39, 0.29) is 17.7 Å². The Kier molecular flexibility index (Phi) is 4.78. The molecule has 2 aromatic rings. The summed E-state index contributed by atoms with van der Waals surface area (Å²) in [6, 6.07) is 7.42. The molecule has 1 aromatic heterocycles. The van der Waals surface area contributed by atoms with Crippen LogP contribution in [0.5, 0.6) is 0 Å². The van der Waals surface area contributed by atoms with Crippen LogP contribution in [0.15, 0.2) is 30.3 Å². The van der Waals surface area contributed by atoms with Crippen molar-refractivity contribution < 1.29 is 9.59 Å². The fourth-order valence-corrected chi connectivity index (χ4v) is 4.09. The first kappa shape index (κ1) is 17.2. The summed E-state index contributed by atoms with van der Waals surface area (Å²) in [6.07, 6.45) is 5.95. The van der Waals surface area contributed by atoms with Gasteiger partial charge < -0.3 is 10.2 Å². The maximum atomic E-state index is 12.5. The zero-order valence-electron chi connectivity index (χ0n) is 14.1. The molecule has 0 radical (unpaired) electrons. The third kappa shape index (κ3) is 3.81. The van der Waals surface area contributed by atoms with Crippen molar-refractivity contribution in [1.82, 2.24) is 9.88 Å². The number of halogens is 1. The van der Waals surface area contributed by atoms with Gasteiger partial charge in [0.2, 0.25) is 11.8 Å². The van der Waals surface area contributed by atoms with Gasteiger partial charge in [-0.25, -0.2) is 4.98 Å². The number of rotatable bonds is 4. The zero-order chi connectivity index (χ0) is 18.1. The van der Waals surface area contributed by atoms with E-state index in [0.29, 0.717) is 29.7 Å². The van der Waals surface area contributed by atoms with Gasteiger partial charge in [-0.05, 0) is 30.5 Å². The molecule has 1 saturated carbocycles. The van der Waals surface area contributed by atoms with E-state index in [0.717, 1.165) is 29.0 Å². The summed E-state index contributed by atoms with van der Waals surface area (Å²) in [4.78, 5) is 31.7.